The average Bonchev–Trinajstić information content (AvgIpc) is 2.65. The zero-order chi connectivity index (χ0) is 18.7. The Bertz CT molecular complexity index is 811. The zero-order valence-electron chi connectivity index (χ0n) is 15.3. The van der Waals surface area contributed by atoms with Gasteiger partial charge in [-0.15, -0.1) is 10.2 Å². The first-order valence-corrected chi connectivity index (χ1v) is 8.67. The quantitative estimate of drug-likeness (QED) is 0.913. The van der Waals surface area contributed by atoms with Gasteiger partial charge in [-0.2, -0.15) is 0 Å². The first-order chi connectivity index (χ1) is 12.4. The van der Waals surface area contributed by atoms with Crippen LogP contribution in [0.2, 0.25) is 0 Å². The Morgan fingerprint density at radius 2 is 1.69 bits per heavy atom. The number of anilines is 2. The number of carbonyl (C=O) groups is 2. The number of aromatic nitrogens is 2. The molecule has 0 saturated carbocycles. The van der Waals surface area contributed by atoms with Crippen molar-refractivity contribution < 1.29 is 9.59 Å². The summed E-state index contributed by atoms with van der Waals surface area (Å²) in [5.74, 6) is 0.527. The van der Waals surface area contributed by atoms with E-state index >= 15 is 0 Å². The number of hydrogen-bond acceptors (Lipinski definition) is 5. The fourth-order valence-corrected chi connectivity index (χ4v) is 2.88. The van der Waals surface area contributed by atoms with Crippen molar-refractivity contribution in [1.29, 1.82) is 0 Å². The van der Waals surface area contributed by atoms with Crippen molar-refractivity contribution in [3.63, 3.8) is 0 Å². The molecule has 0 bridgehead atoms. The van der Waals surface area contributed by atoms with Crippen LogP contribution in [0.1, 0.15) is 28.5 Å². The highest BCUT2D eigenvalue weighted by molar-refractivity contribution is 6.02. The summed E-state index contributed by atoms with van der Waals surface area (Å²) in [4.78, 5) is 27.6. The van der Waals surface area contributed by atoms with E-state index in [4.69, 9.17) is 0 Å². The molecule has 26 heavy (non-hydrogen) atoms. The standard InChI is InChI=1S/C19H23N5O2/c1-13-4-5-16(12-14(13)2)20-19(26)17-6-7-18(22-21-17)24-10-8-23(9-11-24)15(3)25/h4-7,12H,8-11H2,1-3H3,(H,20,26). The highest BCUT2D eigenvalue weighted by atomic mass is 16.2. The van der Waals surface area contributed by atoms with Gasteiger partial charge < -0.3 is 15.1 Å². The lowest BCUT2D eigenvalue weighted by atomic mass is 10.1. The third-order valence-electron chi connectivity index (χ3n) is 4.70. The maximum absolute atomic E-state index is 12.3. The van der Waals surface area contributed by atoms with Crippen LogP contribution in [0.3, 0.4) is 0 Å². The van der Waals surface area contributed by atoms with Gasteiger partial charge in [0.15, 0.2) is 11.5 Å². The topological polar surface area (TPSA) is 78.4 Å². The number of rotatable bonds is 3. The van der Waals surface area contributed by atoms with Crippen LogP contribution in [0.25, 0.3) is 0 Å². The summed E-state index contributed by atoms with van der Waals surface area (Å²) in [5, 5.41) is 11.1. The van der Waals surface area contributed by atoms with E-state index in [0.29, 0.717) is 26.2 Å². The summed E-state index contributed by atoms with van der Waals surface area (Å²) < 4.78 is 0. The van der Waals surface area contributed by atoms with E-state index in [1.54, 1.807) is 19.1 Å². The van der Waals surface area contributed by atoms with Crippen LogP contribution in [0.15, 0.2) is 30.3 Å². The number of hydrogen-bond donors (Lipinski definition) is 1. The molecule has 0 unspecified atom stereocenters. The number of carbonyl (C=O) groups excluding carboxylic acids is 2. The first kappa shape index (κ1) is 17.8. The Hall–Kier alpha value is -2.96. The van der Waals surface area contributed by atoms with E-state index in [9.17, 15) is 9.59 Å². The maximum atomic E-state index is 12.3. The molecule has 0 aliphatic carbocycles. The number of benzene rings is 1. The number of nitrogens with zero attached hydrogens (tertiary/aromatic N) is 4. The van der Waals surface area contributed by atoms with E-state index in [1.807, 2.05) is 36.9 Å². The second-order valence-electron chi connectivity index (χ2n) is 6.52. The van der Waals surface area contributed by atoms with Gasteiger partial charge in [-0.1, -0.05) is 6.07 Å². The molecule has 7 nitrogen and oxygen atoms in total. The Kier molecular flexibility index (Phi) is 5.16. The van der Waals surface area contributed by atoms with Crippen molar-refractivity contribution in [3.05, 3.63) is 47.2 Å². The lowest BCUT2D eigenvalue weighted by Gasteiger charge is -2.34. The van der Waals surface area contributed by atoms with Crippen molar-refractivity contribution in [3.8, 4) is 0 Å². The van der Waals surface area contributed by atoms with Gasteiger partial charge in [-0.3, -0.25) is 9.59 Å². The molecule has 1 aromatic carbocycles. The Morgan fingerprint density at radius 1 is 0.962 bits per heavy atom. The summed E-state index contributed by atoms with van der Waals surface area (Å²) in [6.07, 6.45) is 0. The van der Waals surface area contributed by atoms with Gasteiger partial charge in [-0.25, -0.2) is 0 Å². The van der Waals surface area contributed by atoms with Gasteiger partial charge in [0.2, 0.25) is 5.91 Å². The fourth-order valence-electron chi connectivity index (χ4n) is 2.88. The Balaban J connectivity index is 1.63. The first-order valence-electron chi connectivity index (χ1n) is 8.67. The van der Waals surface area contributed by atoms with Crippen LogP contribution < -0.4 is 10.2 Å². The van der Waals surface area contributed by atoms with Crippen molar-refractivity contribution >= 4 is 23.3 Å². The van der Waals surface area contributed by atoms with Gasteiger partial charge >= 0.3 is 0 Å². The van der Waals surface area contributed by atoms with Crippen LogP contribution in [0, 0.1) is 13.8 Å². The molecule has 1 fully saturated rings. The summed E-state index contributed by atoms with van der Waals surface area (Å²) in [6.45, 7) is 8.38. The monoisotopic (exact) mass is 353 g/mol. The number of nitrogens with one attached hydrogen (secondary N) is 1. The third kappa shape index (κ3) is 3.99. The largest absolute Gasteiger partial charge is 0.352 e. The van der Waals surface area contributed by atoms with Crippen LogP contribution >= 0.6 is 0 Å². The lowest BCUT2D eigenvalue weighted by molar-refractivity contribution is -0.129. The molecule has 1 aromatic heterocycles. The molecule has 0 spiro atoms. The maximum Gasteiger partial charge on any atom is 0.276 e. The summed E-state index contributed by atoms with van der Waals surface area (Å²) in [6, 6.07) is 9.25. The highest BCUT2D eigenvalue weighted by Crippen LogP contribution is 2.16. The molecule has 0 atom stereocenters. The van der Waals surface area contributed by atoms with E-state index in [-0.39, 0.29) is 17.5 Å². The summed E-state index contributed by atoms with van der Waals surface area (Å²) in [5.41, 5.74) is 3.31. The highest BCUT2D eigenvalue weighted by Gasteiger charge is 2.20. The smallest absolute Gasteiger partial charge is 0.276 e. The normalized spacial score (nSPS) is 14.3. The lowest BCUT2D eigenvalue weighted by Crippen LogP contribution is -2.48. The minimum atomic E-state index is -0.284. The predicted molar refractivity (Wildman–Crippen MR) is 100 cm³/mol. The predicted octanol–water partition coefficient (Wildman–Crippen LogP) is 2.01. The van der Waals surface area contributed by atoms with Gasteiger partial charge in [0.05, 0.1) is 0 Å². The van der Waals surface area contributed by atoms with Crippen molar-refractivity contribution in [1.82, 2.24) is 15.1 Å². The van der Waals surface area contributed by atoms with E-state index in [2.05, 4.69) is 20.4 Å². The molecule has 1 saturated heterocycles. The molecule has 1 aliphatic rings. The molecule has 1 N–H and O–H groups in total. The molecular formula is C19H23N5O2. The van der Waals surface area contributed by atoms with Crippen LogP contribution in [0.5, 0.6) is 0 Å². The van der Waals surface area contributed by atoms with Gasteiger partial charge in [0.25, 0.3) is 5.91 Å². The minimum Gasteiger partial charge on any atom is -0.352 e. The molecule has 136 valence electrons. The zero-order valence-corrected chi connectivity index (χ0v) is 15.3. The van der Waals surface area contributed by atoms with E-state index in [0.717, 1.165) is 17.1 Å². The van der Waals surface area contributed by atoms with Gasteiger partial charge in [-0.05, 0) is 49.2 Å². The van der Waals surface area contributed by atoms with Crippen LogP contribution in [-0.4, -0.2) is 53.1 Å². The van der Waals surface area contributed by atoms with Crippen molar-refractivity contribution in [2.45, 2.75) is 20.8 Å². The SMILES string of the molecule is CC(=O)N1CCN(c2ccc(C(=O)Nc3ccc(C)c(C)c3)nn2)CC1. The second kappa shape index (κ2) is 7.51. The second-order valence-corrected chi connectivity index (χ2v) is 6.52. The number of piperazine rings is 1. The van der Waals surface area contributed by atoms with E-state index < -0.39 is 0 Å². The van der Waals surface area contributed by atoms with Crippen molar-refractivity contribution in [2.24, 2.45) is 0 Å². The Morgan fingerprint density at radius 3 is 2.27 bits per heavy atom. The molecule has 7 heteroatoms. The Labute approximate surface area is 153 Å². The molecule has 2 amide bonds. The third-order valence-corrected chi connectivity index (χ3v) is 4.70. The molecule has 2 aromatic rings. The summed E-state index contributed by atoms with van der Waals surface area (Å²) in [7, 11) is 0. The van der Waals surface area contributed by atoms with Crippen LogP contribution in [-0.2, 0) is 4.79 Å². The van der Waals surface area contributed by atoms with Crippen molar-refractivity contribution in [2.75, 3.05) is 36.4 Å². The van der Waals surface area contributed by atoms with Crippen LogP contribution in [0.4, 0.5) is 11.5 Å². The fraction of sp³-hybridized carbons (Fsp3) is 0.368. The van der Waals surface area contributed by atoms with Gasteiger partial charge in [0, 0.05) is 38.8 Å². The van der Waals surface area contributed by atoms with E-state index in [1.165, 1.54) is 5.56 Å². The number of amides is 2. The minimum absolute atomic E-state index is 0.0918. The van der Waals surface area contributed by atoms with Gasteiger partial charge in [0.1, 0.15) is 0 Å². The molecule has 3 rings (SSSR count). The summed E-state index contributed by atoms with van der Waals surface area (Å²) >= 11 is 0. The molecule has 0 radical (unpaired) electrons. The number of aryl methyl sites for hydroxylation is 2. The molecule has 1 aliphatic heterocycles. The molecular weight excluding hydrogens is 330 g/mol. The average molecular weight is 353 g/mol. The molecule has 2 heterocycles.